The number of ether oxygens (including phenoxy) is 1. The van der Waals surface area contributed by atoms with Gasteiger partial charge in [-0.1, -0.05) is 24.3 Å². The third kappa shape index (κ3) is 1.69. The molecule has 1 saturated heterocycles. The first kappa shape index (κ1) is 9.00. The lowest BCUT2D eigenvalue weighted by Gasteiger charge is -1.99. The Balaban J connectivity index is 2.33. The van der Waals surface area contributed by atoms with E-state index in [-0.39, 0.29) is 5.97 Å². The van der Waals surface area contributed by atoms with Crippen LogP contribution in [0.3, 0.4) is 0 Å². The van der Waals surface area contributed by atoms with E-state index in [1.807, 2.05) is 37.3 Å². The molecule has 72 valence electrons. The molecule has 0 bridgehead atoms. The summed E-state index contributed by atoms with van der Waals surface area (Å²) < 4.78 is 4.87. The van der Waals surface area contributed by atoms with Crippen molar-refractivity contribution in [3.05, 3.63) is 41.0 Å². The summed E-state index contributed by atoms with van der Waals surface area (Å²) in [5.74, 6) is -0.173. The van der Waals surface area contributed by atoms with Crippen LogP contribution in [0.15, 0.2) is 29.8 Å². The fourth-order valence-corrected chi connectivity index (χ4v) is 1.52. The lowest BCUT2D eigenvalue weighted by Crippen LogP contribution is -1.94. The van der Waals surface area contributed by atoms with Crippen molar-refractivity contribution in [1.82, 2.24) is 0 Å². The van der Waals surface area contributed by atoms with Crippen molar-refractivity contribution in [2.24, 2.45) is 0 Å². The summed E-state index contributed by atoms with van der Waals surface area (Å²) in [5, 5.41) is 0. The lowest BCUT2D eigenvalue weighted by atomic mass is 10.1. The van der Waals surface area contributed by atoms with Gasteiger partial charge in [-0.2, -0.15) is 0 Å². The monoisotopic (exact) mass is 188 g/mol. The van der Waals surface area contributed by atoms with Gasteiger partial charge in [0.1, 0.15) is 0 Å². The van der Waals surface area contributed by atoms with E-state index in [1.54, 1.807) is 0 Å². The third-order valence-corrected chi connectivity index (χ3v) is 2.38. The maximum Gasteiger partial charge on any atom is 0.334 e. The van der Waals surface area contributed by atoms with Crippen LogP contribution in [0.5, 0.6) is 0 Å². The van der Waals surface area contributed by atoms with E-state index in [0.717, 1.165) is 17.6 Å². The summed E-state index contributed by atoms with van der Waals surface area (Å²) in [4.78, 5) is 11.2. The number of carbonyl (C=O) groups is 1. The summed E-state index contributed by atoms with van der Waals surface area (Å²) in [6.07, 6.45) is 2.65. The highest BCUT2D eigenvalue weighted by Crippen LogP contribution is 2.18. The molecule has 0 N–H and O–H groups in total. The Morgan fingerprint density at radius 2 is 2.14 bits per heavy atom. The first-order chi connectivity index (χ1) is 6.77. The van der Waals surface area contributed by atoms with E-state index in [2.05, 4.69) is 0 Å². The van der Waals surface area contributed by atoms with Crippen molar-refractivity contribution >= 4 is 12.0 Å². The minimum Gasteiger partial charge on any atom is -0.462 e. The first-order valence-electron chi connectivity index (χ1n) is 4.71. The van der Waals surface area contributed by atoms with Crippen LogP contribution in [-0.2, 0) is 9.53 Å². The Morgan fingerprint density at radius 3 is 2.79 bits per heavy atom. The molecule has 1 aliphatic rings. The van der Waals surface area contributed by atoms with Crippen LogP contribution >= 0.6 is 0 Å². The van der Waals surface area contributed by atoms with Gasteiger partial charge in [-0.25, -0.2) is 4.79 Å². The number of hydrogen-bond acceptors (Lipinski definition) is 2. The molecule has 0 aromatic heterocycles. The summed E-state index contributed by atoms with van der Waals surface area (Å²) in [6, 6.07) is 8.00. The number of hydrogen-bond donors (Lipinski definition) is 0. The molecule has 14 heavy (non-hydrogen) atoms. The Morgan fingerprint density at radius 1 is 1.36 bits per heavy atom. The number of carbonyl (C=O) groups excluding carboxylic acids is 1. The van der Waals surface area contributed by atoms with E-state index >= 15 is 0 Å². The number of rotatable bonds is 1. The molecule has 0 saturated carbocycles. The predicted molar refractivity (Wildman–Crippen MR) is 54.7 cm³/mol. The molecule has 0 atom stereocenters. The minimum atomic E-state index is -0.173. The SMILES string of the molecule is Cc1ccccc1C=C1CCOC1=O. The van der Waals surface area contributed by atoms with E-state index in [9.17, 15) is 4.79 Å². The van der Waals surface area contributed by atoms with Gasteiger partial charge in [0, 0.05) is 12.0 Å². The second-order valence-electron chi connectivity index (χ2n) is 3.41. The summed E-state index contributed by atoms with van der Waals surface area (Å²) >= 11 is 0. The molecule has 0 unspecified atom stereocenters. The van der Waals surface area contributed by atoms with Gasteiger partial charge in [0.2, 0.25) is 0 Å². The molecule has 0 aliphatic carbocycles. The topological polar surface area (TPSA) is 26.3 Å². The highest BCUT2D eigenvalue weighted by molar-refractivity contribution is 5.95. The summed E-state index contributed by atoms with van der Waals surface area (Å²) in [7, 11) is 0. The van der Waals surface area contributed by atoms with Crippen LogP contribution in [0.4, 0.5) is 0 Å². The first-order valence-corrected chi connectivity index (χ1v) is 4.71. The number of aryl methyl sites for hydroxylation is 1. The molecule has 2 rings (SSSR count). The van der Waals surface area contributed by atoms with E-state index < -0.39 is 0 Å². The molecule has 0 radical (unpaired) electrons. The molecule has 1 aromatic carbocycles. The maximum atomic E-state index is 11.2. The fourth-order valence-electron chi connectivity index (χ4n) is 1.52. The van der Waals surface area contributed by atoms with E-state index in [4.69, 9.17) is 4.74 Å². The van der Waals surface area contributed by atoms with Crippen molar-refractivity contribution in [1.29, 1.82) is 0 Å². The zero-order valence-corrected chi connectivity index (χ0v) is 8.12. The Kier molecular flexibility index (Phi) is 2.35. The molecule has 1 heterocycles. The molecular weight excluding hydrogens is 176 g/mol. The van der Waals surface area contributed by atoms with Crippen molar-refractivity contribution in [2.75, 3.05) is 6.61 Å². The number of benzene rings is 1. The van der Waals surface area contributed by atoms with Crippen LogP contribution < -0.4 is 0 Å². The smallest absolute Gasteiger partial charge is 0.334 e. The van der Waals surface area contributed by atoms with Gasteiger partial charge in [0.15, 0.2) is 0 Å². The largest absolute Gasteiger partial charge is 0.462 e. The third-order valence-electron chi connectivity index (χ3n) is 2.38. The fraction of sp³-hybridized carbons (Fsp3) is 0.250. The van der Waals surface area contributed by atoms with Crippen LogP contribution in [0.25, 0.3) is 6.08 Å². The Hall–Kier alpha value is -1.57. The van der Waals surface area contributed by atoms with Crippen molar-refractivity contribution < 1.29 is 9.53 Å². The normalized spacial score (nSPS) is 18.6. The van der Waals surface area contributed by atoms with Gasteiger partial charge in [-0.15, -0.1) is 0 Å². The van der Waals surface area contributed by atoms with E-state index in [1.165, 1.54) is 5.56 Å². The molecule has 0 spiro atoms. The molecule has 1 aromatic rings. The van der Waals surface area contributed by atoms with Crippen LogP contribution in [0.1, 0.15) is 17.5 Å². The zero-order valence-electron chi connectivity index (χ0n) is 8.12. The minimum absolute atomic E-state index is 0.173. The zero-order chi connectivity index (χ0) is 9.97. The van der Waals surface area contributed by atoms with Crippen molar-refractivity contribution in [3.63, 3.8) is 0 Å². The summed E-state index contributed by atoms with van der Waals surface area (Å²) in [5.41, 5.74) is 3.06. The van der Waals surface area contributed by atoms with Crippen LogP contribution in [-0.4, -0.2) is 12.6 Å². The van der Waals surface area contributed by atoms with Gasteiger partial charge in [-0.3, -0.25) is 0 Å². The Bertz CT molecular complexity index is 391. The number of esters is 1. The molecule has 1 aliphatic heterocycles. The van der Waals surface area contributed by atoms with E-state index in [0.29, 0.717) is 6.61 Å². The molecule has 1 fully saturated rings. The highest BCUT2D eigenvalue weighted by Gasteiger charge is 2.18. The van der Waals surface area contributed by atoms with Crippen LogP contribution in [0, 0.1) is 6.92 Å². The molecular formula is C12H12O2. The van der Waals surface area contributed by atoms with Gasteiger partial charge in [-0.05, 0) is 24.1 Å². The molecule has 2 nitrogen and oxygen atoms in total. The second kappa shape index (κ2) is 3.66. The van der Waals surface area contributed by atoms with Crippen LogP contribution in [0.2, 0.25) is 0 Å². The Labute approximate surface area is 83.2 Å². The van der Waals surface area contributed by atoms with Gasteiger partial charge in [0.05, 0.1) is 6.61 Å². The average molecular weight is 188 g/mol. The standard InChI is InChI=1S/C12H12O2/c1-9-4-2-3-5-10(9)8-11-6-7-14-12(11)13/h2-5,8H,6-7H2,1H3. The number of cyclic esters (lactones) is 1. The van der Waals surface area contributed by atoms with Crippen molar-refractivity contribution in [2.45, 2.75) is 13.3 Å². The van der Waals surface area contributed by atoms with Gasteiger partial charge < -0.3 is 4.74 Å². The van der Waals surface area contributed by atoms with Crippen molar-refractivity contribution in [3.8, 4) is 0 Å². The lowest BCUT2D eigenvalue weighted by molar-refractivity contribution is -0.134. The second-order valence-corrected chi connectivity index (χ2v) is 3.41. The average Bonchev–Trinajstić information content (AvgIpc) is 2.56. The molecule has 0 amide bonds. The highest BCUT2D eigenvalue weighted by atomic mass is 16.5. The molecule has 2 heteroatoms. The quantitative estimate of drug-likeness (QED) is 0.499. The maximum absolute atomic E-state index is 11.2. The predicted octanol–water partition coefficient (Wildman–Crippen LogP) is 2.33. The summed E-state index contributed by atoms with van der Waals surface area (Å²) in [6.45, 7) is 2.56. The van der Waals surface area contributed by atoms with Gasteiger partial charge in [0.25, 0.3) is 0 Å². The van der Waals surface area contributed by atoms with Gasteiger partial charge >= 0.3 is 5.97 Å².